The summed E-state index contributed by atoms with van der Waals surface area (Å²) < 4.78 is 0. The Morgan fingerprint density at radius 1 is 1.12 bits per heavy atom. The molecule has 4 rings (SSSR count). The van der Waals surface area contributed by atoms with Crippen molar-refractivity contribution in [1.82, 2.24) is 4.90 Å². The molecule has 0 saturated heterocycles. The van der Waals surface area contributed by atoms with Crippen molar-refractivity contribution in [3.8, 4) is 5.75 Å². The predicted octanol–water partition coefficient (Wildman–Crippen LogP) is 4.79. The Morgan fingerprint density at radius 3 is 2.66 bits per heavy atom. The highest BCUT2D eigenvalue weighted by Gasteiger charge is 2.26. The highest BCUT2D eigenvalue weighted by atomic mass is 16.6. The smallest absolute Gasteiger partial charge is 0.276 e. The van der Waals surface area contributed by atoms with Gasteiger partial charge in [0.2, 0.25) is 0 Å². The number of phenols is 1. The lowest BCUT2D eigenvalue weighted by Gasteiger charge is -2.20. The van der Waals surface area contributed by atoms with Gasteiger partial charge in [-0.2, -0.15) is 0 Å². The number of nitrogens with zero attached hydrogens (tertiary/aromatic N) is 2. The van der Waals surface area contributed by atoms with Gasteiger partial charge in [-0.05, 0) is 54.2 Å². The van der Waals surface area contributed by atoms with E-state index in [4.69, 9.17) is 4.84 Å². The Kier molecular flexibility index (Phi) is 6.26. The third-order valence-corrected chi connectivity index (χ3v) is 6.20. The van der Waals surface area contributed by atoms with E-state index >= 15 is 0 Å². The van der Waals surface area contributed by atoms with Crippen molar-refractivity contribution in [3.05, 3.63) is 100 Å². The van der Waals surface area contributed by atoms with Gasteiger partial charge in [0.1, 0.15) is 12.9 Å². The normalized spacial score (nSPS) is 15.3. The minimum Gasteiger partial charge on any atom is -0.508 e. The molecule has 1 atom stereocenters. The summed E-state index contributed by atoms with van der Waals surface area (Å²) in [6.45, 7) is 2.43. The minimum absolute atomic E-state index is 0.181. The first-order valence-electron chi connectivity index (χ1n) is 10.8. The van der Waals surface area contributed by atoms with Gasteiger partial charge in [-0.15, -0.1) is 0 Å². The molecule has 0 saturated carbocycles. The molecule has 0 aliphatic heterocycles. The Hall–Kier alpha value is -3.60. The lowest BCUT2D eigenvalue weighted by Crippen LogP contribution is -2.33. The van der Waals surface area contributed by atoms with Crippen LogP contribution in [-0.2, 0) is 22.6 Å². The summed E-state index contributed by atoms with van der Waals surface area (Å²) in [6.07, 6.45) is 2.12. The number of carbonyl (C=O) groups is 1. The highest BCUT2D eigenvalue weighted by molar-refractivity contribution is 6.45. The van der Waals surface area contributed by atoms with Crippen LogP contribution in [0.4, 0.5) is 0 Å². The van der Waals surface area contributed by atoms with Crippen LogP contribution >= 0.6 is 0 Å². The van der Waals surface area contributed by atoms with Crippen LogP contribution in [0.3, 0.4) is 0 Å². The highest BCUT2D eigenvalue weighted by Crippen LogP contribution is 2.40. The van der Waals surface area contributed by atoms with Crippen molar-refractivity contribution in [2.45, 2.75) is 32.2 Å². The summed E-state index contributed by atoms with van der Waals surface area (Å²) in [7, 11) is 3.13. The largest absolute Gasteiger partial charge is 0.508 e. The summed E-state index contributed by atoms with van der Waals surface area (Å²) >= 11 is 0. The number of aromatic hydroxyl groups is 1. The molecule has 1 aliphatic carbocycles. The molecule has 0 fully saturated rings. The van der Waals surface area contributed by atoms with Crippen LogP contribution in [0.25, 0.3) is 0 Å². The summed E-state index contributed by atoms with van der Waals surface area (Å²) in [5, 5.41) is 14.5. The van der Waals surface area contributed by atoms with Crippen LogP contribution in [0, 0.1) is 6.92 Å². The zero-order chi connectivity index (χ0) is 22.7. The zero-order valence-corrected chi connectivity index (χ0v) is 18.7. The van der Waals surface area contributed by atoms with Crippen LogP contribution in [0.1, 0.15) is 45.7 Å². The molecule has 3 aromatic carbocycles. The van der Waals surface area contributed by atoms with Gasteiger partial charge in [-0.1, -0.05) is 59.8 Å². The third kappa shape index (κ3) is 4.24. The van der Waals surface area contributed by atoms with E-state index in [1.54, 1.807) is 18.0 Å². The number of rotatable bonds is 6. The first-order chi connectivity index (χ1) is 15.5. The predicted molar refractivity (Wildman–Crippen MR) is 126 cm³/mol. The second-order valence-corrected chi connectivity index (χ2v) is 8.27. The quantitative estimate of drug-likeness (QED) is 0.454. The van der Waals surface area contributed by atoms with Crippen molar-refractivity contribution < 1.29 is 14.7 Å². The second kappa shape index (κ2) is 9.27. The number of aryl methyl sites for hydroxylation is 1. The zero-order valence-electron chi connectivity index (χ0n) is 18.7. The maximum absolute atomic E-state index is 13.1. The molecule has 0 spiro atoms. The molecule has 5 nitrogen and oxygen atoms in total. The number of carbonyl (C=O) groups excluding carboxylic acids is 1. The average molecular weight is 429 g/mol. The van der Waals surface area contributed by atoms with Crippen molar-refractivity contribution in [2.75, 3.05) is 14.2 Å². The van der Waals surface area contributed by atoms with Crippen molar-refractivity contribution in [3.63, 3.8) is 0 Å². The Morgan fingerprint density at radius 2 is 1.91 bits per heavy atom. The topological polar surface area (TPSA) is 62.1 Å². The molecular weight excluding hydrogens is 400 g/mol. The molecule has 0 heterocycles. The number of benzene rings is 3. The number of hydrogen-bond acceptors (Lipinski definition) is 4. The van der Waals surface area contributed by atoms with E-state index in [9.17, 15) is 9.90 Å². The maximum Gasteiger partial charge on any atom is 0.276 e. The van der Waals surface area contributed by atoms with Gasteiger partial charge in [0.05, 0.1) is 0 Å². The van der Waals surface area contributed by atoms with E-state index in [0.717, 1.165) is 18.4 Å². The lowest BCUT2D eigenvalue weighted by atomic mass is 9.91. The molecule has 32 heavy (non-hydrogen) atoms. The van der Waals surface area contributed by atoms with Crippen LogP contribution in [0.15, 0.2) is 71.9 Å². The van der Waals surface area contributed by atoms with E-state index < -0.39 is 0 Å². The van der Waals surface area contributed by atoms with Crippen molar-refractivity contribution in [1.29, 1.82) is 0 Å². The Bertz CT molecular complexity index is 1150. The van der Waals surface area contributed by atoms with Crippen LogP contribution in [-0.4, -0.2) is 35.8 Å². The van der Waals surface area contributed by atoms with Gasteiger partial charge in [0.15, 0.2) is 5.71 Å². The molecule has 0 radical (unpaired) electrons. The standard InChI is InChI=1S/C27H28N2O3/c1-18-8-7-11-24-22(18)13-14-23(24)20-12-15-25(30)21(16-20)17-29(2)27(31)26(28-32-3)19-9-5-4-6-10-19/h4-12,15-16,23,30H,13-14,17H2,1-3H3. The molecule has 1 unspecified atom stereocenters. The van der Waals surface area contributed by atoms with E-state index in [2.05, 4.69) is 30.3 Å². The molecule has 164 valence electrons. The van der Waals surface area contributed by atoms with Gasteiger partial charge in [0, 0.05) is 30.6 Å². The number of phenolic OH excluding ortho intramolecular Hbond substituents is 1. The molecule has 1 N–H and O–H groups in total. The summed E-state index contributed by atoms with van der Waals surface area (Å²) in [6, 6.07) is 21.5. The molecule has 0 aromatic heterocycles. The minimum atomic E-state index is -0.273. The van der Waals surface area contributed by atoms with Gasteiger partial charge >= 0.3 is 0 Å². The van der Waals surface area contributed by atoms with Crippen molar-refractivity contribution in [2.24, 2.45) is 5.16 Å². The molecule has 1 aliphatic rings. The fraction of sp³-hybridized carbons (Fsp3) is 0.259. The SMILES string of the molecule is CON=C(C(=O)N(C)Cc1cc(C2CCc3c(C)cccc32)ccc1O)c1ccccc1. The summed E-state index contributed by atoms with van der Waals surface area (Å²) in [5.41, 5.74) is 6.92. The molecule has 0 bridgehead atoms. The number of fused-ring (bicyclic) bond motifs is 1. The van der Waals surface area contributed by atoms with E-state index in [1.807, 2.05) is 42.5 Å². The van der Waals surface area contributed by atoms with Crippen molar-refractivity contribution >= 4 is 11.6 Å². The molecular formula is C27H28N2O3. The first kappa shape index (κ1) is 21.6. The van der Waals surface area contributed by atoms with Gasteiger partial charge in [-0.3, -0.25) is 4.79 Å². The van der Waals surface area contributed by atoms with E-state index in [-0.39, 0.29) is 23.9 Å². The maximum atomic E-state index is 13.1. The second-order valence-electron chi connectivity index (χ2n) is 8.27. The molecule has 3 aromatic rings. The van der Waals surface area contributed by atoms with Crippen LogP contribution in [0.2, 0.25) is 0 Å². The molecule has 5 heteroatoms. The molecule has 1 amide bonds. The van der Waals surface area contributed by atoms with Gasteiger partial charge < -0.3 is 14.8 Å². The Labute approximate surface area is 189 Å². The fourth-order valence-electron chi connectivity index (χ4n) is 4.54. The fourth-order valence-corrected chi connectivity index (χ4v) is 4.54. The summed E-state index contributed by atoms with van der Waals surface area (Å²) in [4.78, 5) is 19.6. The first-order valence-corrected chi connectivity index (χ1v) is 10.8. The number of oxime groups is 1. The number of amides is 1. The van der Waals surface area contributed by atoms with Crippen LogP contribution < -0.4 is 0 Å². The third-order valence-electron chi connectivity index (χ3n) is 6.20. The van der Waals surface area contributed by atoms with Crippen LogP contribution in [0.5, 0.6) is 5.75 Å². The number of likely N-dealkylation sites (N-methyl/N-ethyl adjacent to an activating group) is 1. The lowest BCUT2D eigenvalue weighted by molar-refractivity contribution is -0.123. The van der Waals surface area contributed by atoms with Gasteiger partial charge in [-0.25, -0.2) is 0 Å². The van der Waals surface area contributed by atoms with E-state index in [1.165, 1.54) is 23.8 Å². The van der Waals surface area contributed by atoms with Gasteiger partial charge in [0.25, 0.3) is 5.91 Å². The Balaban J connectivity index is 1.58. The van der Waals surface area contributed by atoms with E-state index in [0.29, 0.717) is 17.0 Å². The average Bonchev–Trinajstić information content (AvgIpc) is 3.24. The number of hydrogen-bond donors (Lipinski definition) is 1. The monoisotopic (exact) mass is 428 g/mol. The summed E-state index contributed by atoms with van der Waals surface area (Å²) in [5.74, 6) is 0.214.